The normalized spacial score (nSPS) is 13.7. The van der Waals surface area contributed by atoms with Crippen LogP contribution in [-0.4, -0.2) is 33.9 Å². The molecule has 1 aromatic heterocycles. The zero-order chi connectivity index (χ0) is 13.8. The zero-order valence-electron chi connectivity index (χ0n) is 12.2. The summed E-state index contributed by atoms with van der Waals surface area (Å²) in [6.07, 6.45) is 3.77. The Balaban J connectivity index is 2.87. The van der Waals surface area contributed by atoms with Crippen molar-refractivity contribution >= 4 is 28.9 Å². The van der Waals surface area contributed by atoms with Gasteiger partial charge in [-0.3, -0.25) is 0 Å². The van der Waals surface area contributed by atoms with Crippen molar-refractivity contribution in [1.82, 2.24) is 4.98 Å². The van der Waals surface area contributed by atoms with E-state index in [-0.39, 0.29) is 0 Å². The predicted octanol–water partition coefficient (Wildman–Crippen LogP) is 3.59. The Morgan fingerprint density at radius 1 is 0.833 bits per heavy atom. The van der Waals surface area contributed by atoms with Crippen LogP contribution in [0.1, 0.15) is 11.4 Å². The summed E-state index contributed by atoms with van der Waals surface area (Å²) in [5, 5.41) is 0. The van der Waals surface area contributed by atoms with Crippen LogP contribution in [0.5, 0.6) is 0 Å². The Hall–Kier alpha value is -1.08. The molecule has 0 spiro atoms. The quantitative estimate of drug-likeness (QED) is 0.612. The predicted molar refractivity (Wildman–Crippen MR) is 86.1 cm³/mol. The summed E-state index contributed by atoms with van der Waals surface area (Å²) in [6.45, 7) is 13.3. The molecule has 3 nitrogen and oxygen atoms in total. The van der Waals surface area contributed by atoms with Crippen LogP contribution in [0.4, 0.5) is 0 Å². The molecule has 98 valence electrons. The third-order valence-electron chi connectivity index (χ3n) is 1.96. The van der Waals surface area contributed by atoms with Crippen LogP contribution in [0, 0.1) is 0 Å². The Morgan fingerprint density at radius 3 is 1.56 bits per heavy atom. The lowest BCUT2D eigenvalue weighted by Gasteiger charge is -2.08. The van der Waals surface area contributed by atoms with Crippen molar-refractivity contribution in [2.24, 2.45) is 9.32 Å². The van der Waals surface area contributed by atoms with Gasteiger partial charge in [-0.05, 0) is 51.4 Å². The van der Waals surface area contributed by atoms with Crippen LogP contribution < -0.4 is 0 Å². The molecule has 0 saturated heterocycles. The second-order valence-electron chi connectivity index (χ2n) is 6.35. The summed E-state index contributed by atoms with van der Waals surface area (Å²) in [5.41, 5.74) is 1.83. The molecular weight excluding hydrogens is 254 g/mol. The van der Waals surface area contributed by atoms with Crippen LogP contribution >= 0.6 is 0 Å². The fourth-order valence-corrected chi connectivity index (χ4v) is 2.17. The van der Waals surface area contributed by atoms with Gasteiger partial charge in [-0.25, -0.2) is 4.98 Å². The summed E-state index contributed by atoms with van der Waals surface area (Å²) in [6, 6.07) is 5.97. The minimum atomic E-state index is -1.40. The molecule has 0 fully saturated rings. The Morgan fingerprint density at radius 2 is 1.22 bits per heavy atom. The van der Waals surface area contributed by atoms with Crippen molar-refractivity contribution in [3.05, 3.63) is 29.6 Å². The maximum absolute atomic E-state index is 4.59. The topological polar surface area (TPSA) is 37.6 Å². The molecule has 0 aromatic carbocycles. The van der Waals surface area contributed by atoms with Gasteiger partial charge in [0.05, 0.1) is 11.4 Å². The van der Waals surface area contributed by atoms with E-state index in [0.29, 0.717) is 0 Å². The molecule has 0 atom stereocenters. The molecule has 0 aliphatic carbocycles. The van der Waals surface area contributed by atoms with Gasteiger partial charge in [0.1, 0.15) is 0 Å². The van der Waals surface area contributed by atoms with Crippen LogP contribution in [0.2, 0.25) is 39.3 Å². The van der Waals surface area contributed by atoms with Gasteiger partial charge in [-0.15, -0.1) is 0 Å². The highest BCUT2D eigenvalue weighted by atomic mass is 28.3. The van der Waals surface area contributed by atoms with E-state index in [1.165, 1.54) is 0 Å². The van der Waals surface area contributed by atoms with E-state index in [4.69, 9.17) is 0 Å². The first-order valence-electron chi connectivity index (χ1n) is 6.23. The maximum Gasteiger partial charge on any atom is 0.172 e. The number of nitrogens with zero attached hydrogens (tertiary/aromatic N) is 3. The zero-order valence-corrected chi connectivity index (χ0v) is 14.2. The third-order valence-corrected chi connectivity index (χ3v) is 3.77. The highest BCUT2D eigenvalue weighted by Crippen LogP contribution is 2.04. The standard InChI is InChI=1S/C13H23N3Si2/c1-17(2,3)14-10-12-8-7-9-13(16-12)11-15-18(4,5)6/h7-11H,1-6H3/b14-10+,15-11+. The number of hydrogen-bond donors (Lipinski definition) is 0. The van der Waals surface area contributed by atoms with E-state index < -0.39 is 16.5 Å². The van der Waals surface area contributed by atoms with Gasteiger partial charge >= 0.3 is 0 Å². The van der Waals surface area contributed by atoms with Gasteiger partial charge in [0, 0.05) is 12.4 Å². The van der Waals surface area contributed by atoms with Gasteiger partial charge in [-0.1, -0.05) is 6.07 Å². The molecule has 0 bridgehead atoms. The van der Waals surface area contributed by atoms with Crippen LogP contribution in [0.3, 0.4) is 0 Å². The molecule has 0 saturated carbocycles. The molecule has 5 heteroatoms. The Kier molecular flexibility index (Phi) is 4.75. The van der Waals surface area contributed by atoms with Gasteiger partial charge < -0.3 is 9.32 Å². The number of pyridine rings is 1. The van der Waals surface area contributed by atoms with Crippen molar-refractivity contribution in [2.75, 3.05) is 0 Å². The lowest BCUT2D eigenvalue weighted by atomic mass is 10.3. The lowest BCUT2D eigenvalue weighted by molar-refractivity contribution is 1.28. The molecule has 0 aliphatic rings. The molecular formula is C13H23N3Si2. The average Bonchev–Trinajstić information content (AvgIpc) is 2.22. The van der Waals surface area contributed by atoms with Crippen molar-refractivity contribution in [1.29, 1.82) is 0 Å². The third kappa shape index (κ3) is 6.61. The first-order chi connectivity index (χ1) is 8.16. The van der Waals surface area contributed by atoms with E-state index in [1.54, 1.807) is 0 Å². The van der Waals surface area contributed by atoms with E-state index >= 15 is 0 Å². The second-order valence-corrected chi connectivity index (χ2v) is 15.5. The van der Waals surface area contributed by atoms with Gasteiger partial charge in [0.15, 0.2) is 16.5 Å². The first kappa shape index (κ1) is 15.0. The highest BCUT2D eigenvalue weighted by Gasteiger charge is 2.10. The summed E-state index contributed by atoms with van der Waals surface area (Å²) in [4.78, 5) is 4.52. The van der Waals surface area contributed by atoms with Crippen molar-refractivity contribution in [3.8, 4) is 0 Å². The molecule has 0 N–H and O–H groups in total. The van der Waals surface area contributed by atoms with Crippen LogP contribution in [0.15, 0.2) is 27.5 Å². The number of hydrogen-bond acceptors (Lipinski definition) is 3. The lowest BCUT2D eigenvalue weighted by Crippen LogP contribution is -2.17. The second kappa shape index (κ2) is 5.71. The molecule has 0 amide bonds. The SMILES string of the molecule is C[Si](C)(C)/N=C/c1cccc(/C=N/[Si](C)(C)C)n1. The van der Waals surface area contributed by atoms with Gasteiger partial charge in [-0.2, -0.15) is 0 Å². The first-order valence-corrected chi connectivity index (χ1v) is 13.1. The molecule has 1 heterocycles. The minimum absolute atomic E-state index is 0.914. The van der Waals surface area contributed by atoms with Crippen LogP contribution in [-0.2, 0) is 0 Å². The smallest absolute Gasteiger partial charge is 0.172 e. The molecule has 1 rings (SSSR count). The molecule has 0 radical (unpaired) electrons. The maximum atomic E-state index is 4.59. The van der Waals surface area contributed by atoms with E-state index in [9.17, 15) is 0 Å². The van der Waals surface area contributed by atoms with E-state index in [0.717, 1.165) is 11.4 Å². The molecule has 18 heavy (non-hydrogen) atoms. The summed E-state index contributed by atoms with van der Waals surface area (Å²) < 4.78 is 9.18. The van der Waals surface area contributed by atoms with Crippen molar-refractivity contribution in [3.63, 3.8) is 0 Å². The van der Waals surface area contributed by atoms with Crippen molar-refractivity contribution < 1.29 is 0 Å². The minimum Gasteiger partial charge on any atom is -0.327 e. The molecule has 0 aliphatic heterocycles. The summed E-state index contributed by atoms with van der Waals surface area (Å²) >= 11 is 0. The van der Waals surface area contributed by atoms with E-state index in [2.05, 4.69) is 53.6 Å². The Labute approximate surface area is 112 Å². The molecule has 1 aromatic rings. The monoisotopic (exact) mass is 277 g/mol. The fourth-order valence-electron chi connectivity index (χ4n) is 1.13. The van der Waals surface area contributed by atoms with E-state index in [1.807, 2.05) is 30.6 Å². The highest BCUT2D eigenvalue weighted by molar-refractivity contribution is 6.75. The summed E-state index contributed by atoms with van der Waals surface area (Å²) in [5.74, 6) is 0. The van der Waals surface area contributed by atoms with Crippen molar-refractivity contribution in [2.45, 2.75) is 39.3 Å². The number of aromatic nitrogens is 1. The largest absolute Gasteiger partial charge is 0.327 e. The fraction of sp³-hybridized carbons (Fsp3) is 0.462. The van der Waals surface area contributed by atoms with Gasteiger partial charge in [0.2, 0.25) is 0 Å². The average molecular weight is 278 g/mol. The Bertz CT molecular complexity index is 415. The number of rotatable bonds is 4. The van der Waals surface area contributed by atoms with Crippen LogP contribution in [0.25, 0.3) is 0 Å². The molecule has 0 unspecified atom stereocenters. The summed E-state index contributed by atoms with van der Waals surface area (Å²) in [7, 11) is -2.81. The van der Waals surface area contributed by atoms with Gasteiger partial charge in [0.25, 0.3) is 0 Å².